The highest BCUT2D eigenvalue weighted by molar-refractivity contribution is 5.93. The number of aliphatic hydroxyl groups excluding tert-OH is 1. The first-order valence-corrected chi connectivity index (χ1v) is 8.34. The lowest BCUT2D eigenvalue weighted by Crippen LogP contribution is -2.28. The molecule has 1 amide bonds. The Morgan fingerprint density at radius 1 is 1.36 bits per heavy atom. The molecule has 3 rings (SSSR count). The molecule has 0 radical (unpaired) electrons. The molecule has 0 spiro atoms. The number of carbonyl (C=O) groups is 1. The van der Waals surface area contributed by atoms with E-state index in [-0.39, 0.29) is 11.6 Å². The number of pyridine rings is 1. The fraction of sp³-hybridized carbons (Fsp3) is 0.333. The van der Waals surface area contributed by atoms with E-state index in [2.05, 4.69) is 20.6 Å². The van der Waals surface area contributed by atoms with Crippen LogP contribution in [0.1, 0.15) is 35.9 Å². The number of nitrogens with zero attached hydrogens (tertiary/aromatic N) is 4. The van der Waals surface area contributed by atoms with E-state index in [0.717, 1.165) is 16.6 Å². The third-order valence-electron chi connectivity index (χ3n) is 4.18. The minimum Gasteiger partial charge on any atom is -0.393 e. The molecule has 1 aromatic carbocycles. The largest absolute Gasteiger partial charge is 0.393 e. The highest BCUT2D eigenvalue weighted by atomic mass is 16.3. The summed E-state index contributed by atoms with van der Waals surface area (Å²) >= 11 is 0. The Hall–Kier alpha value is -2.80. The summed E-state index contributed by atoms with van der Waals surface area (Å²) in [5.74, 6) is -0.283. The van der Waals surface area contributed by atoms with E-state index in [4.69, 9.17) is 0 Å². The Morgan fingerprint density at radius 2 is 2.20 bits per heavy atom. The van der Waals surface area contributed by atoms with Crippen LogP contribution in [0.4, 0.5) is 0 Å². The molecule has 2 heterocycles. The van der Waals surface area contributed by atoms with E-state index >= 15 is 0 Å². The van der Waals surface area contributed by atoms with Gasteiger partial charge in [-0.3, -0.25) is 9.78 Å². The summed E-state index contributed by atoms with van der Waals surface area (Å²) in [6, 6.07) is 9.63. The number of amides is 1. The van der Waals surface area contributed by atoms with E-state index in [1.807, 2.05) is 44.2 Å². The molecule has 1 atom stereocenters. The van der Waals surface area contributed by atoms with Crippen molar-refractivity contribution < 1.29 is 9.90 Å². The summed E-state index contributed by atoms with van der Waals surface area (Å²) in [5.41, 5.74) is 2.68. The van der Waals surface area contributed by atoms with Crippen molar-refractivity contribution in [1.29, 1.82) is 0 Å². The standard InChI is InChI=1S/C18H21N5O2/c1-3-15(24)8-10-20-18(25)17-12(2)23(22-21-17)14-6-7-16-13(11-14)5-4-9-19-16/h4-7,9,11,15,24H,3,8,10H2,1-2H3,(H,20,25). The predicted molar refractivity (Wildman–Crippen MR) is 94.6 cm³/mol. The van der Waals surface area contributed by atoms with Gasteiger partial charge in [0.25, 0.3) is 5.91 Å². The van der Waals surface area contributed by atoms with Crippen molar-refractivity contribution in [2.45, 2.75) is 32.8 Å². The van der Waals surface area contributed by atoms with Gasteiger partial charge in [-0.15, -0.1) is 5.10 Å². The number of carbonyl (C=O) groups excluding carboxylic acids is 1. The van der Waals surface area contributed by atoms with Crippen LogP contribution in [-0.4, -0.2) is 43.6 Å². The monoisotopic (exact) mass is 339 g/mol. The summed E-state index contributed by atoms with van der Waals surface area (Å²) in [7, 11) is 0. The maximum absolute atomic E-state index is 12.3. The molecule has 0 aliphatic rings. The molecule has 7 nitrogen and oxygen atoms in total. The van der Waals surface area contributed by atoms with E-state index in [0.29, 0.717) is 25.1 Å². The zero-order chi connectivity index (χ0) is 17.8. The van der Waals surface area contributed by atoms with Crippen molar-refractivity contribution in [3.05, 3.63) is 47.9 Å². The van der Waals surface area contributed by atoms with Gasteiger partial charge in [-0.1, -0.05) is 18.2 Å². The zero-order valence-electron chi connectivity index (χ0n) is 14.3. The molecule has 0 bridgehead atoms. The SMILES string of the molecule is CCC(O)CCNC(=O)c1nnn(-c2ccc3ncccc3c2)c1C. The fourth-order valence-corrected chi connectivity index (χ4v) is 2.62. The van der Waals surface area contributed by atoms with E-state index in [9.17, 15) is 9.90 Å². The second-order valence-electron chi connectivity index (χ2n) is 5.92. The topological polar surface area (TPSA) is 92.9 Å². The van der Waals surface area contributed by atoms with Crippen molar-refractivity contribution in [2.75, 3.05) is 6.54 Å². The molecule has 1 unspecified atom stereocenters. The molecule has 2 N–H and O–H groups in total. The minimum absolute atomic E-state index is 0.283. The number of aliphatic hydroxyl groups is 1. The van der Waals surface area contributed by atoms with Crippen molar-refractivity contribution in [1.82, 2.24) is 25.3 Å². The third kappa shape index (κ3) is 3.66. The first-order chi connectivity index (χ1) is 12.1. The van der Waals surface area contributed by atoms with E-state index < -0.39 is 6.10 Å². The number of rotatable bonds is 6. The van der Waals surface area contributed by atoms with Gasteiger partial charge in [0.1, 0.15) is 0 Å². The lowest BCUT2D eigenvalue weighted by molar-refractivity contribution is 0.0936. The highest BCUT2D eigenvalue weighted by Gasteiger charge is 2.17. The number of hydrogen-bond donors (Lipinski definition) is 2. The lowest BCUT2D eigenvalue weighted by atomic mass is 10.2. The lowest BCUT2D eigenvalue weighted by Gasteiger charge is -2.08. The Kier molecular flexibility index (Phi) is 5.04. The molecule has 0 aliphatic carbocycles. The molecule has 7 heteroatoms. The van der Waals surface area contributed by atoms with Gasteiger partial charge < -0.3 is 10.4 Å². The average molecular weight is 339 g/mol. The van der Waals surface area contributed by atoms with E-state index in [1.54, 1.807) is 10.9 Å². The molecular weight excluding hydrogens is 318 g/mol. The average Bonchev–Trinajstić information content (AvgIpc) is 3.02. The Labute approximate surface area is 145 Å². The molecule has 0 fully saturated rings. The smallest absolute Gasteiger partial charge is 0.273 e. The second kappa shape index (κ2) is 7.40. The van der Waals surface area contributed by atoms with Gasteiger partial charge in [0, 0.05) is 18.1 Å². The summed E-state index contributed by atoms with van der Waals surface area (Å²) in [6.45, 7) is 4.12. The van der Waals surface area contributed by atoms with Crippen molar-refractivity contribution in [3.8, 4) is 5.69 Å². The van der Waals surface area contributed by atoms with Crippen LogP contribution >= 0.6 is 0 Å². The van der Waals surface area contributed by atoms with Gasteiger partial charge in [0.15, 0.2) is 5.69 Å². The second-order valence-corrected chi connectivity index (χ2v) is 5.92. The maximum atomic E-state index is 12.3. The summed E-state index contributed by atoms with van der Waals surface area (Å²) < 4.78 is 1.64. The highest BCUT2D eigenvalue weighted by Crippen LogP contribution is 2.18. The van der Waals surface area contributed by atoms with Crippen LogP contribution in [0.15, 0.2) is 36.5 Å². The first-order valence-electron chi connectivity index (χ1n) is 8.34. The first kappa shape index (κ1) is 17.0. The number of benzene rings is 1. The summed E-state index contributed by atoms with van der Waals surface area (Å²) in [6.07, 6.45) is 2.54. The van der Waals surface area contributed by atoms with Crippen LogP contribution in [0.2, 0.25) is 0 Å². The number of aromatic nitrogens is 4. The van der Waals surface area contributed by atoms with E-state index in [1.165, 1.54) is 0 Å². The quantitative estimate of drug-likeness (QED) is 0.717. The maximum Gasteiger partial charge on any atom is 0.273 e. The molecule has 130 valence electrons. The number of hydrogen-bond acceptors (Lipinski definition) is 5. The van der Waals surface area contributed by atoms with Crippen LogP contribution in [0.25, 0.3) is 16.6 Å². The van der Waals surface area contributed by atoms with Crippen molar-refractivity contribution in [2.24, 2.45) is 0 Å². The van der Waals surface area contributed by atoms with Crippen LogP contribution in [0.5, 0.6) is 0 Å². The molecular formula is C18H21N5O2. The zero-order valence-corrected chi connectivity index (χ0v) is 14.3. The molecule has 0 aliphatic heterocycles. The van der Waals surface area contributed by atoms with Crippen LogP contribution < -0.4 is 5.32 Å². The minimum atomic E-state index is -0.400. The normalized spacial score (nSPS) is 12.3. The molecule has 25 heavy (non-hydrogen) atoms. The molecule has 0 saturated heterocycles. The summed E-state index contributed by atoms with van der Waals surface area (Å²) in [4.78, 5) is 16.6. The van der Waals surface area contributed by atoms with Gasteiger partial charge in [-0.2, -0.15) is 0 Å². The number of nitrogens with one attached hydrogen (secondary N) is 1. The Morgan fingerprint density at radius 3 is 3.00 bits per heavy atom. The van der Waals surface area contributed by atoms with Gasteiger partial charge in [-0.05, 0) is 44.0 Å². The van der Waals surface area contributed by atoms with Crippen molar-refractivity contribution >= 4 is 16.8 Å². The van der Waals surface area contributed by atoms with Crippen LogP contribution in [0, 0.1) is 6.92 Å². The van der Waals surface area contributed by atoms with Gasteiger partial charge in [0.05, 0.1) is 23.0 Å². The third-order valence-corrected chi connectivity index (χ3v) is 4.18. The van der Waals surface area contributed by atoms with Gasteiger partial charge >= 0.3 is 0 Å². The van der Waals surface area contributed by atoms with Gasteiger partial charge in [-0.25, -0.2) is 4.68 Å². The predicted octanol–water partition coefficient (Wildman–Crippen LogP) is 2.01. The molecule has 0 saturated carbocycles. The molecule has 3 aromatic rings. The van der Waals surface area contributed by atoms with Crippen molar-refractivity contribution in [3.63, 3.8) is 0 Å². The van der Waals surface area contributed by atoms with Crippen LogP contribution in [0.3, 0.4) is 0 Å². The van der Waals surface area contributed by atoms with Gasteiger partial charge in [0.2, 0.25) is 0 Å². The van der Waals surface area contributed by atoms with Crippen LogP contribution in [-0.2, 0) is 0 Å². The Bertz CT molecular complexity index is 890. The number of fused-ring (bicyclic) bond motifs is 1. The summed E-state index contributed by atoms with van der Waals surface area (Å²) in [5, 5.41) is 21.4. The molecule has 2 aromatic heterocycles. The fourth-order valence-electron chi connectivity index (χ4n) is 2.62. The Balaban J connectivity index is 1.79.